The number of hydrogen-bond donors (Lipinski definition) is 0. The molecule has 1 aliphatic heterocycles. The Kier molecular flexibility index (Phi) is 1.75. The number of rotatable bonds is 0. The maximum atomic E-state index is 12.3. The van der Waals surface area contributed by atoms with E-state index in [1.54, 1.807) is 0 Å². The van der Waals surface area contributed by atoms with Crippen LogP contribution >= 0.6 is 11.8 Å². The lowest BCUT2D eigenvalue weighted by molar-refractivity contribution is -0.137. The number of carbonyl (C=O) groups excluding carboxylic acids is 1. The van der Waals surface area contributed by atoms with Crippen LogP contribution in [0.4, 0.5) is 4.39 Å². The summed E-state index contributed by atoms with van der Waals surface area (Å²) in [5.74, 6) is -0.421. The highest BCUT2D eigenvalue weighted by molar-refractivity contribution is 8.00. The van der Waals surface area contributed by atoms with Crippen molar-refractivity contribution in [3.05, 3.63) is 12.3 Å². The standard InChI is InChI=1S/C5H5FO2S/c1-3-5(6)9-2-4(7)8-3/h5H,1-2H2. The number of esters is 1. The Morgan fingerprint density at radius 2 is 2.56 bits per heavy atom. The van der Waals surface area contributed by atoms with E-state index in [4.69, 9.17) is 0 Å². The van der Waals surface area contributed by atoms with Gasteiger partial charge in [-0.3, -0.25) is 4.79 Å². The van der Waals surface area contributed by atoms with Gasteiger partial charge in [-0.05, 0) is 0 Å². The van der Waals surface area contributed by atoms with E-state index in [2.05, 4.69) is 11.3 Å². The van der Waals surface area contributed by atoms with Crippen LogP contribution in [0.1, 0.15) is 0 Å². The van der Waals surface area contributed by atoms with Crippen molar-refractivity contribution in [2.24, 2.45) is 0 Å². The zero-order valence-corrected chi connectivity index (χ0v) is 5.41. The van der Waals surface area contributed by atoms with Gasteiger partial charge in [0, 0.05) is 0 Å². The van der Waals surface area contributed by atoms with Crippen molar-refractivity contribution in [3.8, 4) is 0 Å². The lowest BCUT2D eigenvalue weighted by Gasteiger charge is -2.15. The van der Waals surface area contributed by atoms with Gasteiger partial charge in [-0.15, -0.1) is 11.8 Å². The van der Waals surface area contributed by atoms with E-state index in [1.807, 2.05) is 0 Å². The Morgan fingerprint density at radius 1 is 1.89 bits per heavy atom. The molecule has 1 unspecified atom stereocenters. The molecule has 0 aromatic rings. The molecule has 0 bridgehead atoms. The maximum Gasteiger partial charge on any atom is 0.321 e. The van der Waals surface area contributed by atoms with Crippen molar-refractivity contribution in [2.75, 3.05) is 5.75 Å². The van der Waals surface area contributed by atoms with E-state index < -0.39 is 11.5 Å². The molecule has 0 spiro atoms. The van der Waals surface area contributed by atoms with Gasteiger partial charge in [0.05, 0.1) is 5.75 Å². The first kappa shape index (κ1) is 6.61. The number of cyclic esters (lactones) is 1. The molecule has 0 radical (unpaired) electrons. The molecule has 0 saturated carbocycles. The van der Waals surface area contributed by atoms with Crippen LogP contribution in [-0.2, 0) is 9.53 Å². The Morgan fingerprint density at radius 3 is 3.00 bits per heavy atom. The van der Waals surface area contributed by atoms with Crippen molar-refractivity contribution in [3.63, 3.8) is 0 Å². The van der Waals surface area contributed by atoms with Crippen LogP contribution in [0.25, 0.3) is 0 Å². The number of alkyl halides is 1. The highest BCUT2D eigenvalue weighted by Gasteiger charge is 2.23. The van der Waals surface area contributed by atoms with E-state index in [0.717, 1.165) is 11.8 Å². The van der Waals surface area contributed by atoms with Crippen molar-refractivity contribution >= 4 is 17.7 Å². The van der Waals surface area contributed by atoms with Gasteiger partial charge in [0.2, 0.25) is 5.50 Å². The van der Waals surface area contributed by atoms with Crippen molar-refractivity contribution in [1.29, 1.82) is 0 Å². The fourth-order valence-corrected chi connectivity index (χ4v) is 1.03. The molecule has 2 nitrogen and oxygen atoms in total. The zero-order valence-electron chi connectivity index (χ0n) is 4.59. The summed E-state index contributed by atoms with van der Waals surface area (Å²) in [5, 5.41) is 0. The second-order valence-corrected chi connectivity index (χ2v) is 2.60. The summed E-state index contributed by atoms with van der Waals surface area (Å²) < 4.78 is 16.7. The van der Waals surface area contributed by atoms with E-state index in [-0.39, 0.29) is 11.5 Å². The molecule has 0 aromatic heterocycles. The van der Waals surface area contributed by atoms with Gasteiger partial charge in [0.1, 0.15) is 5.76 Å². The van der Waals surface area contributed by atoms with Crippen molar-refractivity contribution in [2.45, 2.75) is 5.50 Å². The first-order valence-electron chi connectivity index (χ1n) is 2.35. The molecule has 1 aliphatic rings. The molecule has 4 heteroatoms. The highest BCUT2D eigenvalue weighted by atomic mass is 32.2. The molecule has 0 aliphatic carbocycles. The van der Waals surface area contributed by atoms with Crippen LogP contribution in [0.15, 0.2) is 12.3 Å². The minimum atomic E-state index is -1.23. The van der Waals surface area contributed by atoms with Crippen molar-refractivity contribution in [1.82, 2.24) is 0 Å². The van der Waals surface area contributed by atoms with Gasteiger partial charge in [-0.25, -0.2) is 4.39 Å². The molecule has 1 rings (SSSR count). The summed E-state index contributed by atoms with van der Waals surface area (Å²) in [6.45, 7) is 3.21. The summed E-state index contributed by atoms with van der Waals surface area (Å²) in [6, 6.07) is 0. The predicted octanol–water partition coefficient (Wildman–Crippen LogP) is 1.09. The third-order valence-electron chi connectivity index (χ3n) is 0.846. The minimum absolute atomic E-state index is 0.0835. The molecular weight excluding hydrogens is 143 g/mol. The fourth-order valence-electron chi connectivity index (χ4n) is 0.456. The average molecular weight is 148 g/mol. The zero-order chi connectivity index (χ0) is 6.85. The fraction of sp³-hybridized carbons (Fsp3) is 0.400. The highest BCUT2D eigenvalue weighted by Crippen LogP contribution is 2.25. The number of hydrogen-bond acceptors (Lipinski definition) is 3. The molecule has 0 amide bonds. The van der Waals surface area contributed by atoms with Gasteiger partial charge < -0.3 is 4.74 Å². The van der Waals surface area contributed by atoms with Crippen molar-refractivity contribution < 1.29 is 13.9 Å². The number of thioether (sulfide) groups is 1. The van der Waals surface area contributed by atoms with E-state index in [0.29, 0.717) is 0 Å². The van der Waals surface area contributed by atoms with Crippen LogP contribution in [0.2, 0.25) is 0 Å². The van der Waals surface area contributed by atoms with E-state index in [9.17, 15) is 9.18 Å². The summed E-state index contributed by atoms with van der Waals surface area (Å²) in [5.41, 5.74) is -1.23. The number of carbonyl (C=O) groups is 1. The van der Waals surface area contributed by atoms with Crippen LogP contribution in [0.3, 0.4) is 0 Å². The lowest BCUT2D eigenvalue weighted by Crippen LogP contribution is -2.19. The largest absolute Gasteiger partial charge is 0.427 e. The van der Waals surface area contributed by atoms with Crippen LogP contribution in [0, 0.1) is 0 Å². The Hall–Kier alpha value is -0.510. The topological polar surface area (TPSA) is 26.3 Å². The molecule has 50 valence electrons. The molecule has 1 atom stereocenters. The molecule has 1 heterocycles. The van der Waals surface area contributed by atoms with Crippen LogP contribution in [0.5, 0.6) is 0 Å². The Labute approximate surface area is 56.1 Å². The van der Waals surface area contributed by atoms with E-state index in [1.165, 1.54) is 0 Å². The Balaban J connectivity index is 2.54. The second-order valence-electron chi connectivity index (χ2n) is 1.57. The minimum Gasteiger partial charge on any atom is -0.427 e. The van der Waals surface area contributed by atoms with E-state index >= 15 is 0 Å². The molecule has 9 heavy (non-hydrogen) atoms. The summed E-state index contributed by atoms with van der Waals surface area (Å²) in [4.78, 5) is 10.3. The first-order chi connectivity index (χ1) is 4.20. The number of ether oxygens (including phenoxy) is 1. The average Bonchev–Trinajstić information content (AvgIpc) is 1.80. The van der Waals surface area contributed by atoms with Crippen LogP contribution in [-0.4, -0.2) is 17.2 Å². The quantitative estimate of drug-likeness (QED) is 0.481. The third-order valence-corrected chi connectivity index (χ3v) is 1.80. The van der Waals surface area contributed by atoms with Gasteiger partial charge in [-0.2, -0.15) is 0 Å². The number of halogens is 1. The normalized spacial score (nSPS) is 27.9. The molecule has 1 saturated heterocycles. The maximum absolute atomic E-state index is 12.3. The van der Waals surface area contributed by atoms with Gasteiger partial charge in [-0.1, -0.05) is 6.58 Å². The van der Waals surface area contributed by atoms with Gasteiger partial charge in [0.25, 0.3) is 0 Å². The molecule has 0 N–H and O–H groups in total. The molecular formula is C5H5FO2S. The molecule has 0 aromatic carbocycles. The molecule has 1 fully saturated rings. The second kappa shape index (κ2) is 2.39. The first-order valence-corrected chi connectivity index (χ1v) is 3.40. The monoisotopic (exact) mass is 148 g/mol. The summed E-state index contributed by atoms with van der Waals surface area (Å²) in [7, 11) is 0. The van der Waals surface area contributed by atoms with Crippen LogP contribution < -0.4 is 0 Å². The summed E-state index contributed by atoms with van der Waals surface area (Å²) in [6.07, 6.45) is 0. The predicted molar refractivity (Wildman–Crippen MR) is 32.6 cm³/mol. The van der Waals surface area contributed by atoms with Gasteiger partial charge >= 0.3 is 5.97 Å². The third kappa shape index (κ3) is 1.45. The summed E-state index contributed by atoms with van der Waals surface area (Å²) >= 11 is 0.894. The Bertz CT molecular complexity index is 157. The lowest BCUT2D eigenvalue weighted by atomic mass is 10.6. The van der Waals surface area contributed by atoms with Gasteiger partial charge in [0.15, 0.2) is 0 Å². The SMILES string of the molecule is C=C1OC(=O)CSC1F. The smallest absolute Gasteiger partial charge is 0.321 e.